The van der Waals surface area contributed by atoms with E-state index in [1.165, 1.54) is 12.8 Å². The van der Waals surface area contributed by atoms with Crippen LogP contribution in [0.2, 0.25) is 0 Å². The highest BCUT2D eigenvalue weighted by Crippen LogP contribution is 2.27. The summed E-state index contributed by atoms with van der Waals surface area (Å²) in [4.78, 5) is 18.4. The van der Waals surface area contributed by atoms with Crippen molar-refractivity contribution in [3.05, 3.63) is 51.6 Å². The first-order valence-corrected chi connectivity index (χ1v) is 11.0. The van der Waals surface area contributed by atoms with Gasteiger partial charge in [0.25, 0.3) is 5.56 Å². The third kappa shape index (κ3) is 4.03. The highest BCUT2D eigenvalue weighted by Gasteiger charge is 2.28. The Morgan fingerprint density at radius 1 is 1.23 bits per heavy atom. The first-order valence-electron chi connectivity index (χ1n) is 11.0. The number of fused-ring (bicyclic) bond motifs is 1. The van der Waals surface area contributed by atoms with E-state index in [9.17, 15) is 4.79 Å². The van der Waals surface area contributed by atoms with Crippen molar-refractivity contribution in [1.82, 2.24) is 30.1 Å². The monoisotopic (exact) mass is 408 g/mol. The van der Waals surface area contributed by atoms with Gasteiger partial charge >= 0.3 is 0 Å². The average molecular weight is 409 g/mol. The number of rotatable bonds is 7. The van der Waals surface area contributed by atoms with Crippen LogP contribution in [-0.4, -0.2) is 36.1 Å². The molecule has 1 fully saturated rings. The molecule has 1 aromatic carbocycles. The lowest BCUT2D eigenvalue weighted by atomic mass is 10.0. The van der Waals surface area contributed by atoms with Crippen molar-refractivity contribution >= 4 is 10.9 Å². The number of benzene rings is 1. The van der Waals surface area contributed by atoms with Gasteiger partial charge < -0.3 is 4.98 Å². The lowest BCUT2D eigenvalue weighted by Gasteiger charge is -2.30. The molecule has 2 aromatic heterocycles. The maximum atomic E-state index is 12.9. The summed E-state index contributed by atoms with van der Waals surface area (Å²) in [6, 6.07) is 8.62. The van der Waals surface area contributed by atoms with Gasteiger partial charge in [-0.3, -0.25) is 9.69 Å². The third-order valence-corrected chi connectivity index (χ3v) is 6.70. The number of H-pyrrole nitrogens is 1. The molecular formula is C23H32N6O. The van der Waals surface area contributed by atoms with E-state index in [0.29, 0.717) is 19.1 Å². The Morgan fingerprint density at radius 2 is 2.00 bits per heavy atom. The number of nitrogens with zero attached hydrogens (tertiary/aromatic N) is 5. The van der Waals surface area contributed by atoms with Crippen LogP contribution in [0.15, 0.2) is 29.1 Å². The molecule has 0 radical (unpaired) electrons. The van der Waals surface area contributed by atoms with Gasteiger partial charge in [0.15, 0.2) is 5.82 Å². The minimum Gasteiger partial charge on any atom is -0.321 e. The molecule has 160 valence electrons. The van der Waals surface area contributed by atoms with Crippen LogP contribution in [0.1, 0.15) is 69.8 Å². The standard InChI is InChI=1S/C23H32N6O/c1-5-23(3,4)29-20(25-26-27-29)15-28(19-11-6-7-12-19)14-18-13-17-10-8-9-16(2)21(17)24-22(18)30/h8-10,13,19H,5-7,11-12,14-15H2,1-4H3,(H,24,30). The molecule has 1 aliphatic carbocycles. The van der Waals surface area contributed by atoms with E-state index in [-0.39, 0.29) is 11.1 Å². The smallest absolute Gasteiger partial charge is 0.252 e. The predicted octanol–water partition coefficient (Wildman–Crippen LogP) is 3.91. The van der Waals surface area contributed by atoms with Crippen LogP contribution in [-0.2, 0) is 18.6 Å². The second kappa shape index (κ2) is 8.30. The minimum atomic E-state index is -0.141. The number of pyridine rings is 1. The van der Waals surface area contributed by atoms with Crippen LogP contribution >= 0.6 is 0 Å². The summed E-state index contributed by atoms with van der Waals surface area (Å²) in [6.07, 6.45) is 5.73. The molecule has 2 heterocycles. The zero-order chi connectivity index (χ0) is 21.3. The molecule has 7 nitrogen and oxygen atoms in total. The molecule has 0 atom stereocenters. The normalized spacial score (nSPS) is 15.5. The summed E-state index contributed by atoms with van der Waals surface area (Å²) in [5, 5.41) is 13.7. The van der Waals surface area contributed by atoms with Crippen molar-refractivity contribution in [2.24, 2.45) is 0 Å². The highest BCUT2D eigenvalue weighted by molar-refractivity contribution is 5.81. The lowest BCUT2D eigenvalue weighted by Crippen LogP contribution is -2.37. The molecule has 3 aromatic rings. The van der Waals surface area contributed by atoms with E-state index in [1.54, 1.807) is 0 Å². The Balaban J connectivity index is 1.67. The molecule has 1 aliphatic rings. The summed E-state index contributed by atoms with van der Waals surface area (Å²) in [5.74, 6) is 0.863. The Hall–Kier alpha value is -2.54. The van der Waals surface area contributed by atoms with Gasteiger partial charge in [-0.2, -0.15) is 0 Å². The molecule has 0 unspecified atom stereocenters. The second-order valence-electron chi connectivity index (χ2n) is 9.18. The fraction of sp³-hybridized carbons (Fsp3) is 0.565. The quantitative estimate of drug-likeness (QED) is 0.641. The average Bonchev–Trinajstić information content (AvgIpc) is 3.41. The first-order chi connectivity index (χ1) is 14.4. The topological polar surface area (TPSA) is 79.7 Å². The number of aromatic amines is 1. The first kappa shape index (κ1) is 20.7. The van der Waals surface area contributed by atoms with E-state index >= 15 is 0 Å². The van der Waals surface area contributed by atoms with Gasteiger partial charge in [0, 0.05) is 18.2 Å². The molecule has 0 aliphatic heterocycles. The predicted molar refractivity (Wildman–Crippen MR) is 118 cm³/mol. The maximum Gasteiger partial charge on any atom is 0.252 e. The van der Waals surface area contributed by atoms with Gasteiger partial charge in [0.2, 0.25) is 0 Å². The van der Waals surface area contributed by atoms with Gasteiger partial charge in [-0.15, -0.1) is 5.10 Å². The molecule has 0 amide bonds. The Kier molecular flexibility index (Phi) is 5.73. The van der Waals surface area contributed by atoms with Crippen molar-refractivity contribution < 1.29 is 0 Å². The van der Waals surface area contributed by atoms with Gasteiger partial charge in [0.05, 0.1) is 17.6 Å². The summed E-state index contributed by atoms with van der Waals surface area (Å²) >= 11 is 0. The molecule has 0 saturated heterocycles. The lowest BCUT2D eigenvalue weighted by molar-refractivity contribution is 0.164. The second-order valence-corrected chi connectivity index (χ2v) is 9.18. The molecular weight excluding hydrogens is 376 g/mol. The van der Waals surface area contributed by atoms with E-state index in [1.807, 2.05) is 29.8 Å². The molecule has 1 N–H and O–H groups in total. The van der Waals surface area contributed by atoms with Crippen molar-refractivity contribution in [3.8, 4) is 0 Å². The van der Waals surface area contributed by atoms with Crippen LogP contribution in [0.3, 0.4) is 0 Å². The number of hydrogen-bond acceptors (Lipinski definition) is 5. The van der Waals surface area contributed by atoms with Crippen molar-refractivity contribution in [1.29, 1.82) is 0 Å². The van der Waals surface area contributed by atoms with Crippen molar-refractivity contribution in [2.45, 2.75) is 84.5 Å². The molecule has 0 bridgehead atoms. The van der Waals surface area contributed by atoms with E-state index < -0.39 is 0 Å². The molecule has 1 saturated carbocycles. The Bertz CT molecular complexity index is 1080. The van der Waals surface area contributed by atoms with Crippen LogP contribution in [0.5, 0.6) is 0 Å². The van der Waals surface area contributed by atoms with Gasteiger partial charge in [-0.05, 0) is 67.5 Å². The van der Waals surface area contributed by atoms with Crippen LogP contribution in [0.4, 0.5) is 0 Å². The molecule has 0 spiro atoms. The summed E-state index contributed by atoms with van der Waals surface area (Å²) < 4.78 is 1.95. The molecule has 30 heavy (non-hydrogen) atoms. The van der Waals surface area contributed by atoms with Gasteiger partial charge in [0.1, 0.15) is 0 Å². The van der Waals surface area contributed by atoms with Gasteiger partial charge in [-0.25, -0.2) is 4.68 Å². The van der Waals surface area contributed by atoms with Crippen LogP contribution in [0, 0.1) is 6.92 Å². The number of tetrazole rings is 1. The van der Waals surface area contributed by atoms with Crippen LogP contribution in [0.25, 0.3) is 10.9 Å². The zero-order valence-electron chi connectivity index (χ0n) is 18.5. The minimum absolute atomic E-state index is 0.00623. The number of hydrogen-bond donors (Lipinski definition) is 1. The van der Waals surface area contributed by atoms with E-state index in [0.717, 1.165) is 47.1 Å². The summed E-state index contributed by atoms with van der Waals surface area (Å²) in [5.41, 5.74) is 2.66. The number of aromatic nitrogens is 5. The van der Waals surface area contributed by atoms with Gasteiger partial charge in [-0.1, -0.05) is 38.0 Å². The van der Waals surface area contributed by atoms with Crippen molar-refractivity contribution in [2.75, 3.05) is 0 Å². The van der Waals surface area contributed by atoms with Crippen molar-refractivity contribution in [3.63, 3.8) is 0 Å². The highest BCUT2D eigenvalue weighted by atomic mass is 16.1. The SMILES string of the molecule is CCC(C)(C)n1nnnc1CN(Cc1cc2cccc(C)c2[nH]c1=O)C1CCCC1. The van der Waals surface area contributed by atoms with Crippen LogP contribution < -0.4 is 5.56 Å². The number of aryl methyl sites for hydroxylation is 1. The summed E-state index contributed by atoms with van der Waals surface area (Å²) in [7, 11) is 0. The third-order valence-electron chi connectivity index (χ3n) is 6.70. The Labute approximate surface area is 177 Å². The summed E-state index contributed by atoms with van der Waals surface area (Å²) in [6.45, 7) is 9.73. The number of nitrogens with one attached hydrogen (secondary N) is 1. The maximum absolute atomic E-state index is 12.9. The zero-order valence-corrected chi connectivity index (χ0v) is 18.5. The fourth-order valence-corrected chi connectivity index (χ4v) is 4.45. The largest absolute Gasteiger partial charge is 0.321 e. The molecule has 7 heteroatoms. The van der Waals surface area contributed by atoms with E-state index in [4.69, 9.17) is 0 Å². The number of para-hydroxylation sites is 1. The fourth-order valence-electron chi connectivity index (χ4n) is 4.45. The van der Waals surface area contributed by atoms with E-state index in [2.05, 4.69) is 52.2 Å². The molecule has 4 rings (SSSR count). The Morgan fingerprint density at radius 3 is 2.73 bits per heavy atom.